The lowest BCUT2D eigenvalue weighted by Gasteiger charge is -2.34. The number of likely N-dealkylation sites (tertiary alicyclic amines) is 1. The predicted molar refractivity (Wildman–Crippen MR) is 75.3 cm³/mol. The third-order valence-corrected chi connectivity index (χ3v) is 3.89. The van der Waals surface area contributed by atoms with Gasteiger partial charge in [0.05, 0.1) is 13.0 Å². The number of methoxy groups -OCH3 is 1. The first-order chi connectivity index (χ1) is 10.0. The summed E-state index contributed by atoms with van der Waals surface area (Å²) >= 11 is 0. The Morgan fingerprint density at radius 1 is 1.29 bits per heavy atom. The summed E-state index contributed by atoms with van der Waals surface area (Å²) in [5.74, 6) is -1.50. The van der Waals surface area contributed by atoms with Crippen LogP contribution in [0.3, 0.4) is 0 Å². The summed E-state index contributed by atoms with van der Waals surface area (Å²) in [4.78, 5) is 24.4. The van der Waals surface area contributed by atoms with Gasteiger partial charge in [-0.1, -0.05) is 12.1 Å². The molecule has 1 aliphatic rings. The maximum atomic E-state index is 11.6. The lowest BCUT2D eigenvalue weighted by atomic mass is 9.94. The minimum Gasteiger partial charge on any atom is -0.497 e. The highest BCUT2D eigenvalue weighted by molar-refractivity contribution is 5.76. The molecule has 2 N–H and O–H groups in total. The topological polar surface area (TPSA) is 87.1 Å². The van der Waals surface area contributed by atoms with Gasteiger partial charge in [0.1, 0.15) is 11.8 Å². The fourth-order valence-corrected chi connectivity index (χ4v) is 2.73. The van der Waals surface area contributed by atoms with Gasteiger partial charge in [0, 0.05) is 13.1 Å². The average molecular weight is 293 g/mol. The lowest BCUT2D eigenvalue weighted by molar-refractivity contribution is -0.146. The summed E-state index contributed by atoms with van der Waals surface area (Å²) in [5.41, 5.74) is 0.649. The number of ether oxygens (including phenoxy) is 1. The van der Waals surface area contributed by atoms with Crippen LogP contribution in [0.15, 0.2) is 24.3 Å². The van der Waals surface area contributed by atoms with Crippen LogP contribution in [0.5, 0.6) is 5.75 Å². The number of carboxylic acid groups (broad SMARTS) is 2. The van der Waals surface area contributed by atoms with E-state index in [9.17, 15) is 14.7 Å². The molecule has 0 aromatic heterocycles. The molecule has 1 atom stereocenters. The highest BCUT2D eigenvalue weighted by Crippen LogP contribution is 2.29. The number of benzene rings is 1. The number of carboxylic acids is 2. The molecule has 0 radical (unpaired) electrons. The second-order valence-electron chi connectivity index (χ2n) is 5.17. The van der Waals surface area contributed by atoms with Crippen LogP contribution in [0.2, 0.25) is 0 Å². The van der Waals surface area contributed by atoms with Crippen LogP contribution in [0.4, 0.5) is 0 Å². The van der Waals surface area contributed by atoms with Gasteiger partial charge in [0.2, 0.25) is 0 Å². The number of rotatable bonds is 5. The molecular weight excluding hydrogens is 274 g/mol. The largest absolute Gasteiger partial charge is 0.497 e. The van der Waals surface area contributed by atoms with Gasteiger partial charge in [0.15, 0.2) is 0 Å². The van der Waals surface area contributed by atoms with Crippen LogP contribution in [0.25, 0.3) is 0 Å². The van der Waals surface area contributed by atoms with Crippen LogP contribution in [-0.2, 0) is 9.59 Å². The lowest BCUT2D eigenvalue weighted by Crippen LogP contribution is -2.41. The first-order valence-electron chi connectivity index (χ1n) is 6.86. The highest BCUT2D eigenvalue weighted by Gasteiger charge is 2.33. The average Bonchev–Trinajstić information content (AvgIpc) is 2.48. The molecule has 114 valence electrons. The van der Waals surface area contributed by atoms with Gasteiger partial charge >= 0.3 is 11.9 Å². The quantitative estimate of drug-likeness (QED) is 0.857. The molecule has 1 heterocycles. The van der Waals surface area contributed by atoms with Crippen LogP contribution in [-0.4, -0.2) is 47.3 Å². The fourth-order valence-electron chi connectivity index (χ4n) is 2.73. The van der Waals surface area contributed by atoms with E-state index in [1.165, 1.54) is 7.11 Å². The number of nitrogens with zero attached hydrogens (tertiary/aromatic N) is 1. The van der Waals surface area contributed by atoms with E-state index in [4.69, 9.17) is 9.84 Å². The van der Waals surface area contributed by atoms with Crippen molar-refractivity contribution in [3.05, 3.63) is 29.8 Å². The third-order valence-electron chi connectivity index (χ3n) is 3.89. The summed E-state index contributed by atoms with van der Waals surface area (Å²) in [6.45, 7) is 0.927. The highest BCUT2D eigenvalue weighted by atomic mass is 16.5. The molecular formula is C15H19NO5. The Kier molecular flexibility index (Phi) is 4.80. The SMILES string of the molecule is COc1cccc(C(C(=O)O)N2CCC(C(=O)O)CC2)c1. The number of hydrogen-bond donors (Lipinski definition) is 2. The minimum atomic E-state index is -0.933. The van der Waals surface area contributed by atoms with Gasteiger partial charge < -0.3 is 14.9 Å². The summed E-state index contributed by atoms with van der Waals surface area (Å²) in [6.07, 6.45) is 0.951. The Labute approximate surface area is 122 Å². The molecule has 21 heavy (non-hydrogen) atoms. The Morgan fingerprint density at radius 3 is 2.48 bits per heavy atom. The van der Waals surface area contributed by atoms with E-state index >= 15 is 0 Å². The van der Waals surface area contributed by atoms with E-state index in [2.05, 4.69) is 0 Å². The minimum absolute atomic E-state index is 0.374. The molecule has 1 fully saturated rings. The van der Waals surface area contributed by atoms with Crippen LogP contribution in [0.1, 0.15) is 24.4 Å². The van der Waals surface area contributed by atoms with Crippen molar-refractivity contribution >= 4 is 11.9 Å². The molecule has 0 amide bonds. The number of aliphatic carboxylic acids is 2. The molecule has 6 heteroatoms. The van der Waals surface area contributed by atoms with Crippen molar-refractivity contribution in [2.45, 2.75) is 18.9 Å². The third kappa shape index (κ3) is 3.52. The molecule has 1 saturated heterocycles. The molecule has 0 aliphatic carbocycles. The molecule has 6 nitrogen and oxygen atoms in total. The normalized spacial score (nSPS) is 18.1. The standard InChI is InChI=1S/C15H19NO5/c1-21-12-4-2-3-11(9-12)13(15(19)20)16-7-5-10(6-8-16)14(17)18/h2-4,9-10,13H,5-8H2,1H3,(H,17,18)(H,19,20). The zero-order valence-electron chi connectivity index (χ0n) is 11.9. The van der Waals surface area contributed by atoms with Gasteiger partial charge in [0.25, 0.3) is 0 Å². The Balaban J connectivity index is 2.16. The van der Waals surface area contributed by atoms with Crippen molar-refractivity contribution < 1.29 is 24.5 Å². The maximum Gasteiger partial charge on any atom is 0.325 e. The van der Waals surface area contributed by atoms with Gasteiger partial charge in [-0.15, -0.1) is 0 Å². The molecule has 0 bridgehead atoms. The van der Waals surface area contributed by atoms with Gasteiger partial charge in [-0.05, 0) is 30.5 Å². The zero-order chi connectivity index (χ0) is 15.4. The number of hydrogen-bond acceptors (Lipinski definition) is 4. The molecule has 1 aromatic carbocycles. The smallest absolute Gasteiger partial charge is 0.325 e. The summed E-state index contributed by atoms with van der Waals surface area (Å²) < 4.78 is 5.13. The van der Waals surface area contributed by atoms with Crippen molar-refractivity contribution in [1.29, 1.82) is 0 Å². The van der Waals surface area contributed by atoms with E-state index in [0.717, 1.165) is 0 Å². The van der Waals surface area contributed by atoms with Crippen LogP contribution in [0, 0.1) is 5.92 Å². The second-order valence-corrected chi connectivity index (χ2v) is 5.17. The predicted octanol–water partition coefficient (Wildman–Crippen LogP) is 1.62. The first kappa shape index (κ1) is 15.3. The monoisotopic (exact) mass is 293 g/mol. The van der Waals surface area contributed by atoms with Gasteiger partial charge in [-0.2, -0.15) is 0 Å². The first-order valence-corrected chi connectivity index (χ1v) is 6.86. The fraction of sp³-hybridized carbons (Fsp3) is 0.467. The zero-order valence-corrected chi connectivity index (χ0v) is 11.9. The molecule has 0 spiro atoms. The van der Waals surface area contributed by atoms with E-state index in [1.54, 1.807) is 24.3 Å². The van der Waals surface area contributed by atoms with E-state index in [0.29, 0.717) is 37.2 Å². The molecule has 2 rings (SSSR count). The number of carbonyl (C=O) groups is 2. The van der Waals surface area contributed by atoms with Crippen molar-refractivity contribution in [2.75, 3.05) is 20.2 Å². The van der Waals surface area contributed by atoms with Crippen molar-refractivity contribution in [3.63, 3.8) is 0 Å². The Bertz CT molecular complexity index is 523. The molecule has 1 aromatic rings. The molecule has 0 saturated carbocycles. The summed E-state index contributed by atoms with van der Waals surface area (Å²) in [5, 5.41) is 18.5. The van der Waals surface area contributed by atoms with E-state index in [-0.39, 0.29) is 5.92 Å². The van der Waals surface area contributed by atoms with Crippen LogP contribution >= 0.6 is 0 Å². The van der Waals surface area contributed by atoms with Gasteiger partial charge in [-0.3, -0.25) is 14.5 Å². The van der Waals surface area contributed by atoms with Crippen molar-refractivity contribution in [3.8, 4) is 5.75 Å². The second kappa shape index (κ2) is 6.58. The van der Waals surface area contributed by atoms with E-state index < -0.39 is 18.0 Å². The van der Waals surface area contributed by atoms with Gasteiger partial charge in [-0.25, -0.2) is 0 Å². The molecule has 1 unspecified atom stereocenters. The Hall–Kier alpha value is -2.08. The molecule has 1 aliphatic heterocycles. The summed E-state index contributed by atoms with van der Waals surface area (Å²) in [7, 11) is 1.53. The van der Waals surface area contributed by atoms with E-state index in [1.807, 2.05) is 4.90 Å². The number of piperidine rings is 1. The van der Waals surface area contributed by atoms with Crippen molar-refractivity contribution in [1.82, 2.24) is 4.90 Å². The summed E-state index contributed by atoms with van der Waals surface area (Å²) in [6, 6.07) is 6.22. The van der Waals surface area contributed by atoms with Crippen LogP contribution < -0.4 is 4.74 Å². The maximum absolute atomic E-state index is 11.6. The van der Waals surface area contributed by atoms with Crippen molar-refractivity contribution in [2.24, 2.45) is 5.92 Å². The Morgan fingerprint density at radius 2 is 1.95 bits per heavy atom.